The normalized spacial score (nSPS) is 22.8. The van der Waals surface area contributed by atoms with Crippen LogP contribution in [0.15, 0.2) is 24.4 Å². The Hall–Kier alpha value is -0.980. The van der Waals surface area contributed by atoms with Crippen LogP contribution >= 0.6 is 0 Å². The van der Waals surface area contributed by atoms with Gasteiger partial charge < -0.3 is 5.32 Å². The fourth-order valence-corrected chi connectivity index (χ4v) is 4.65. The van der Waals surface area contributed by atoms with E-state index in [9.17, 15) is 8.42 Å². The van der Waals surface area contributed by atoms with E-state index in [-0.39, 0.29) is 11.8 Å². The standard InChI is InChI=1S/C15H23N3O2S/c19-21(20,11-8-13-4-1-2-9-16-13)18(15-6-7-15)12-14-5-3-10-17-14/h1-2,4,9,14-15,17H,3,5-8,10-12H2. The molecule has 6 heteroatoms. The molecule has 0 radical (unpaired) electrons. The quantitative estimate of drug-likeness (QED) is 0.821. The van der Waals surface area contributed by atoms with Crippen LogP contribution in [0.4, 0.5) is 0 Å². The Bertz CT molecular complexity index is 552. The lowest BCUT2D eigenvalue weighted by Gasteiger charge is -2.25. The molecule has 1 saturated carbocycles. The Morgan fingerprint density at radius 1 is 1.29 bits per heavy atom. The summed E-state index contributed by atoms with van der Waals surface area (Å²) in [5.74, 6) is 0.160. The van der Waals surface area contributed by atoms with Crippen molar-refractivity contribution in [1.29, 1.82) is 0 Å². The molecule has 2 fully saturated rings. The van der Waals surface area contributed by atoms with Crippen molar-refractivity contribution in [3.05, 3.63) is 30.1 Å². The summed E-state index contributed by atoms with van der Waals surface area (Å²) in [6.45, 7) is 1.65. The summed E-state index contributed by atoms with van der Waals surface area (Å²) >= 11 is 0. The van der Waals surface area contributed by atoms with Gasteiger partial charge in [-0.25, -0.2) is 8.42 Å². The number of aryl methyl sites for hydroxylation is 1. The number of hydrogen-bond acceptors (Lipinski definition) is 4. The van der Waals surface area contributed by atoms with E-state index in [0.29, 0.717) is 19.0 Å². The van der Waals surface area contributed by atoms with Gasteiger partial charge >= 0.3 is 0 Å². The molecule has 0 amide bonds. The summed E-state index contributed by atoms with van der Waals surface area (Å²) in [5.41, 5.74) is 0.843. The van der Waals surface area contributed by atoms with E-state index in [0.717, 1.165) is 37.9 Å². The van der Waals surface area contributed by atoms with Crippen molar-refractivity contribution in [2.24, 2.45) is 0 Å². The molecule has 1 atom stereocenters. The van der Waals surface area contributed by atoms with Crippen LogP contribution in [-0.4, -0.2) is 48.6 Å². The largest absolute Gasteiger partial charge is 0.313 e. The van der Waals surface area contributed by atoms with Crippen molar-refractivity contribution in [3.8, 4) is 0 Å². The molecule has 2 aliphatic rings. The van der Waals surface area contributed by atoms with Gasteiger partial charge in [0, 0.05) is 36.9 Å². The van der Waals surface area contributed by atoms with Crippen LogP contribution in [0.3, 0.4) is 0 Å². The molecule has 3 rings (SSSR count). The minimum atomic E-state index is -3.19. The average molecular weight is 309 g/mol. The molecule has 1 aromatic rings. The van der Waals surface area contributed by atoms with Gasteiger partial charge in [0.2, 0.25) is 10.0 Å². The molecule has 0 spiro atoms. The molecular formula is C15H23N3O2S. The van der Waals surface area contributed by atoms with Crippen LogP contribution in [0.25, 0.3) is 0 Å². The van der Waals surface area contributed by atoms with Crippen LogP contribution in [0.2, 0.25) is 0 Å². The molecule has 2 heterocycles. The number of rotatable bonds is 7. The van der Waals surface area contributed by atoms with Gasteiger partial charge in [0.1, 0.15) is 0 Å². The van der Waals surface area contributed by atoms with Crippen molar-refractivity contribution in [3.63, 3.8) is 0 Å². The maximum Gasteiger partial charge on any atom is 0.214 e. The van der Waals surface area contributed by atoms with Crippen LogP contribution in [-0.2, 0) is 16.4 Å². The van der Waals surface area contributed by atoms with E-state index in [2.05, 4.69) is 10.3 Å². The minimum Gasteiger partial charge on any atom is -0.313 e. The zero-order valence-electron chi connectivity index (χ0n) is 12.2. The highest BCUT2D eigenvalue weighted by Gasteiger charge is 2.38. The van der Waals surface area contributed by atoms with E-state index in [1.54, 1.807) is 10.5 Å². The van der Waals surface area contributed by atoms with Gasteiger partial charge in [-0.3, -0.25) is 4.98 Å². The fourth-order valence-electron chi connectivity index (χ4n) is 2.88. The van der Waals surface area contributed by atoms with Crippen LogP contribution in [0.5, 0.6) is 0 Å². The molecule has 1 N–H and O–H groups in total. The lowest BCUT2D eigenvalue weighted by Crippen LogP contribution is -2.43. The molecule has 0 bridgehead atoms. The second-order valence-corrected chi connectivity index (χ2v) is 8.02. The van der Waals surface area contributed by atoms with Crippen molar-refractivity contribution >= 4 is 10.0 Å². The Morgan fingerprint density at radius 3 is 2.76 bits per heavy atom. The molecule has 21 heavy (non-hydrogen) atoms. The molecule has 0 aromatic carbocycles. The summed E-state index contributed by atoms with van der Waals surface area (Å²) in [6.07, 6.45) is 6.45. The number of sulfonamides is 1. The van der Waals surface area contributed by atoms with E-state index >= 15 is 0 Å². The Balaban J connectivity index is 1.62. The number of aromatic nitrogens is 1. The SMILES string of the molecule is O=S(=O)(CCc1ccccn1)N(CC1CCCN1)C1CC1. The van der Waals surface area contributed by atoms with Crippen LogP contribution in [0.1, 0.15) is 31.4 Å². The average Bonchev–Trinajstić information content (AvgIpc) is 3.19. The van der Waals surface area contributed by atoms with Crippen molar-refractivity contribution < 1.29 is 8.42 Å². The predicted octanol–water partition coefficient (Wildman–Crippen LogP) is 1.17. The number of nitrogens with zero attached hydrogens (tertiary/aromatic N) is 2. The van der Waals surface area contributed by atoms with E-state index in [1.165, 1.54) is 0 Å². The van der Waals surface area contributed by atoms with Crippen molar-refractivity contribution in [2.45, 2.75) is 44.2 Å². The third-order valence-electron chi connectivity index (χ3n) is 4.22. The highest BCUT2D eigenvalue weighted by atomic mass is 32.2. The Labute approximate surface area is 126 Å². The summed E-state index contributed by atoms with van der Waals surface area (Å²) in [4.78, 5) is 4.21. The molecule has 1 unspecified atom stereocenters. The van der Waals surface area contributed by atoms with Crippen molar-refractivity contribution in [1.82, 2.24) is 14.6 Å². The van der Waals surface area contributed by atoms with Gasteiger partial charge in [-0.05, 0) is 44.4 Å². The smallest absolute Gasteiger partial charge is 0.214 e. The first-order chi connectivity index (χ1) is 10.1. The molecule has 1 aromatic heterocycles. The monoisotopic (exact) mass is 309 g/mol. The Kier molecular flexibility index (Phi) is 4.57. The molecular weight excluding hydrogens is 286 g/mol. The highest BCUT2D eigenvalue weighted by molar-refractivity contribution is 7.89. The third kappa shape index (κ3) is 4.02. The lowest BCUT2D eigenvalue weighted by atomic mass is 10.2. The van der Waals surface area contributed by atoms with Gasteiger partial charge in [0.05, 0.1) is 5.75 Å². The van der Waals surface area contributed by atoms with E-state index in [4.69, 9.17) is 0 Å². The Morgan fingerprint density at radius 2 is 2.14 bits per heavy atom. The van der Waals surface area contributed by atoms with Crippen LogP contribution < -0.4 is 5.32 Å². The molecule has 5 nitrogen and oxygen atoms in total. The molecule has 1 saturated heterocycles. The van der Waals surface area contributed by atoms with Crippen LogP contribution in [0, 0.1) is 0 Å². The minimum absolute atomic E-state index is 0.160. The molecule has 116 valence electrons. The van der Waals surface area contributed by atoms with Gasteiger partial charge in [0.15, 0.2) is 0 Å². The number of hydrogen-bond donors (Lipinski definition) is 1. The molecule has 1 aliphatic carbocycles. The number of nitrogens with one attached hydrogen (secondary N) is 1. The zero-order chi connectivity index (χ0) is 14.7. The van der Waals surface area contributed by atoms with E-state index < -0.39 is 10.0 Å². The van der Waals surface area contributed by atoms with Gasteiger partial charge in [-0.1, -0.05) is 6.07 Å². The van der Waals surface area contributed by atoms with Gasteiger partial charge in [-0.2, -0.15) is 4.31 Å². The first kappa shape index (κ1) is 14.9. The maximum atomic E-state index is 12.6. The lowest BCUT2D eigenvalue weighted by molar-refractivity contribution is 0.363. The summed E-state index contributed by atoms with van der Waals surface area (Å²) in [7, 11) is -3.19. The topological polar surface area (TPSA) is 62.3 Å². The highest BCUT2D eigenvalue weighted by Crippen LogP contribution is 2.30. The first-order valence-corrected chi connectivity index (χ1v) is 9.39. The zero-order valence-corrected chi connectivity index (χ0v) is 13.1. The summed E-state index contributed by atoms with van der Waals surface area (Å²) in [6, 6.07) is 6.20. The second kappa shape index (κ2) is 6.42. The number of pyridine rings is 1. The maximum absolute atomic E-state index is 12.6. The van der Waals surface area contributed by atoms with Crippen molar-refractivity contribution in [2.75, 3.05) is 18.8 Å². The summed E-state index contributed by atoms with van der Waals surface area (Å²) in [5, 5.41) is 3.40. The first-order valence-electron chi connectivity index (χ1n) is 7.78. The second-order valence-electron chi connectivity index (χ2n) is 5.98. The fraction of sp³-hybridized carbons (Fsp3) is 0.667. The van der Waals surface area contributed by atoms with Gasteiger partial charge in [-0.15, -0.1) is 0 Å². The molecule has 1 aliphatic heterocycles. The van der Waals surface area contributed by atoms with Gasteiger partial charge in [0.25, 0.3) is 0 Å². The third-order valence-corrected chi connectivity index (χ3v) is 6.10. The van der Waals surface area contributed by atoms with E-state index in [1.807, 2.05) is 18.2 Å². The predicted molar refractivity (Wildman–Crippen MR) is 82.5 cm³/mol. The summed E-state index contributed by atoms with van der Waals surface area (Å²) < 4.78 is 27.0.